The van der Waals surface area contributed by atoms with Crippen LogP contribution in [0.15, 0.2) is 11.0 Å². The number of aromatic amines is 1. The van der Waals surface area contributed by atoms with Crippen molar-refractivity contribution in [2.24, 2.45) is 5.73 Å². The normalized spacial score (nSPS) is 10.5. The minimum absolute atomic E-state index is 0.0888. The molecule has 0 amide bonds. The van der Waals surface area contributed by atoms with Gasteiger partial charge in [-0.1, -0.05) is 0 Å². The van der Waals surface area contributed by atoms with Crippen molar-refractivity contribution in [2.75, 3.05) is 6.54 Å². The predicted octanol–water partition coefficient (Wildman–Crippen LogP) is 0.0876. The van der Waals surface area contributed by atoms with E-state index in [1.54, 1.807) is 10.9 Å². The van der Waals surface area contributed by atoms with Crippen molar-refractivity contribution in [3.8, 4) is 0 Å². The smallest absolute Gasteiger partial charge is 0.269 e. The van der Waals surface area contributed by atoms with Crippen LogP contribution in [0.3, 0.4) is 0 Å². The van der Waals surface area contributed by atoms with Gasteiger partial charge in [-0.25, -0.2) is 0 Å². The van der Waals surface area contributed by atoms with Gasteiger partial charge in [0.2, 0.25) is 0 Å². The lowest BCUT2D eigenvalue weighted by Gasteiger charge is -1.92. The quantitative estimate of drug-likeness (QED) is 0.670. The highest BCUT2D eigenvalue weighted by Gasteiger charge is 2.02. The topological polar surface area (TPSA) is 63.8 Å². The second kappa shape index (κ2) is 4.11. The third-order valence-electron chi connectivity index (χ3n) is 1.88. The molecule has 3 N–H and O–H groups in total. The second-order valence-electron chi connectivity index (χ2n) is 2.74. The van der Waals surface area contributed by atoms with Gasteiger partial charge in [0.1, 0.15) is 0 Å². The molecule has 4 nitrogen and oxygen atoms in total. The molecule has 68 valence electrons. The van der Waals surface area contributed by atoms with E-state index >= 15 is 0 Å². The molecule has 0 saturated carbocycles. The van der Waals surface area contributed by atoms with Crippen LogP contribution in [0.4, 0.5) is 0 Å². The number of rotatable bonds is 4. The maximum absolute atomic E-state index is 11.4. The predicted molar refractivity (Wildman–Crippen MR) is 48.1 cm³/mol. The van der Waals surface area contributed by atoms with Crippen molar-refractivity contribution in [1.29, 1.82) is 0 Å². The number of aromatic nitrogens is 2. The van der Waals surface area contributed by atoms with Gasteiger partial charge in [-0.15, -0.1) is 0 Å². The highest BCUT2D eigenvalue weighted by molar-refractivity contribution is 5.04. The van der Waals surface area contributed by atoms with Crippen LogP contribution in [0.5, 0.6) is 0 Å². The molecule has 1 aromatic heterocycles. The molecule has 0 aliphatic heterocycles. The fourth-order valence-electron chi connectivity index (χ4n) is 1.16. The Morgan fingerprint density at radius 3 is 2.92 bits per heavy atom. The summed E-state index contributed by atoms with van der Waals surface area (Å²) in [5, 5.41) is 2.90. The lowest BCUT2D eigenvalue weighted by molar-refractivity contribution is 0.636. The summed E-state index contributed by atoms with van der Waals surface area (Å²) in [6.45, 7) is 3.27. The third-order valence-corrected chi connectivity index (χ3v) is 1.88. The molecule has 0 saturated heterocycles. The van der Waals surface area contributed by atoms with E-state index in [-0.39, 0.29) is 5.56 Å². The first kappa shape index (κ1) is 9.06. The second-order valence-corrected chi connectivity index (χ2v) is 2.74. The summed E-state index contributed by atoms with van der Waals surface area (Å²) in [6.07, 6.45) is 3.41. The number of aryl methyl sites for hydroxylation is 2. The van der Waals surface area contributed by atoms with Crippen LogP contribution in [-0.2, 0) is 13.0 Å². The Labute approximate surface area is 71.4 Å². The van der Waals surface area contributed by atoms with Crippen LogP contribution < -0.4 is 11.3 Å². The standard InChI is InChI=1S/C8H15N3O/c1-2-11-8(12)7(6-10-11)4-3-5-9/h6,10H,2-5,9H2,1H3. The number of H-pyrrole nitrogens is 1. The zero-order valence-electron chi connectivity index (χ0n) is 7.34. The highest BCUT2D eigenvalue weighted by atomic mass is 16.1. The Balaban J connectivity index is 2.73. The summed E-state index contributed by atoms with van der Waals surface area (Å²) in [5.41, 5.74) is 6.27. The Morgan fingerprint density at radius 1 is 1.67 bits per heavy atom. The molecular weight excluding hydrogens is 154 g/mol. The number of hydrogen-bond donors (Lipinski definition) is 2. The monoisotopic (exact) mass is 169 g/mol. The van der Waals surface area contributed by atoms with Gasteiger partial charge in [0, 0.05) is 18.3 Å². The van der Waals surface area contributed by atoms with E-state index in [1.807, 2.05) is 6.92 Å². The van der Waals surface area contributed by atoms with Gasteiger partial charge < -0.3 is 10.8 Å². The average Bonchev–Trinajstić information content (AvgIpc) is 2.43. The van der Waals surface area contributed by atoms with E-state index in [0.29, 0.717) is 13.1 Å². The summed E-state index contributed by atoms with van der Waals surface area (Å²) in [7, 11) is 0. The van der Waals surface area contributed by atoms with Gasteiger partial charge in [-0.05, 0) is 26.3 Å². The average molecular weight is 169 g/mol. The van der Waals surface area contributed by atoms with E-state index in [9.17, 15) is 4.79 Å². The fraction of sp³-hybridized carbons (Fsp3) is 0.625. The number of hydrogen-bond acceptors (Lipinski definition) is 2. The molecule has 0 aliphatic carbocycles. The fourth-order valence-corrected chi connectivity index (χ4v) is 1.16. The van der Waals surface area contributed by atoms with Crippen molar-refractivity contribution in [1.82, 2.24) is 9.78 Å². The van der Waals surface area contributed by atoms with Crippen molar-refractivity contribution in [2.45, 2.75) is 26.3 Å². The Hall–Kier alpha value is -1.03. The largest absolute Gasteiger partial charge is 0.330 e. The van der Waals surface area contributed by atoms with Crippen LogP contribution in [0.2, 0.25) is 0 Å². The maximum atomic E-state index is 11.4. The number of nitrogens with one attached hydrogen (secondary N) is 1. The molecular formula is C8H15N3O. The Kier molecular flexibility index (Phi) is 3.10. The lowest BCUT2D eigenvalue weighted by atomic mass is 10.2. The molecule has 12 heavy (non-hydrogen) atoms. The molecule has 0 spiro atoms. The van der Waals surface area contributed by atoms with Crippen LogP contribution in [0, 0.1) is 0 Å². The molecule has 1 aromatic rings. The molecule has 1 heterocycles. The van der Waals surface area contributed by atoms with Gasteiger partial charge in [-0.2, -0.15) is 0 Å². The minimum atomic E-state index is 0.0888. The van der Waals surface area contributed by atoms with Crippen molar-refractivity contribution in [3.63, 3.8) is 0 Å². The van der Waals surface area contributed by atoms with Gasteiger partial charge in [0.15, 0.2) is 0 Å². The van der Waals surface area contributed by atoms with E-state index in [1.165, 1.54) is 0 Å². The zero-order valence-corrected chi connectivity index (χ0v) is 7.34. The van der Waals surface area contributed by atoms with Crippen LogP contribution in [0.1, 0.15) is 18.9 Å². The maximum Gasteiger partial charge on any atom is 0.269 e. The summed E-state index contributed by atoms with van der Waals surface area (Å²) in [5.74, 6) is 0. The van der Waals surface area contributed by atoms with E-state index in [0.717, 1.165) is 18.4 Å². The first-order valence-electron chi connectivity index (χ1n) is 4.26. The van der Waals surface area contributed by atoms with Crippen LogP contribution in [0.25, 0.3) is 0 Å². The zero-order chi connectivity index (χ0) is 8.97. The lowest BCUT2D eigenvalue weighted by Crippen LogP contribution is -2.18. The first-order valence-corrected chi connectivity index (χ1v) is 4.26. The van der Waals surface area contributed by atoms with Crippen molar-refractivity contribution >= 4 is 0 Å². The highest BCUT2D eigenvalue weighted by Crippen LogP contribution is 1.93. The van der Waals surface area contributed by atoms with Gasteiger partial charge in [0.05, 0.1) is 0 Å². The van der Waals surface area contributed by atoms with Gasteiger partial charge in [0.25, 0.3) is 5.56 Å². The van der Waals surface area contributed by atoms with Crippen molar-refractivity contribution in [3.05, 3.63) is 22.1 Å². The molecule has 4 heteroatoms. The molecule has 0 aliphatic rings. The summed E-state index contributed by atoms with van der Waals surface area (Å²) in [6, 6.07) is 0. The van der Waals surface area contributed by atoms with Gasteiger partial charge >= 0.3 is 0 Å². The third kappa shape index (κ3) is 1.76. The molecule has 0 atom stereocenters. The summed E-state index contributed by atoms with van der Waals surface area (Å²) >= 11 is 0. The number of nitrogens with two attached hydrogens (primary N) is 1. The molecule has 1 rings (SSSR count). The number of nitrogens with zero attached hydrogens (tertiary/aromatic N) is 1. The molecule has 0 unspecified atom stereocenters. The van der Waals surface area contributed by atoms with Crippen LogP contribution in [-0.4, -0.2) is 16.3 Å². The molecule has 0 radical (unpaired) electrons. The molecule has 0 bridgehead atoms. The minimum Gasteiger partial charge on any atom is -0.330 e. The van der Waals surface area contributed by atoms with Crippen molar-refractivity contribution < 1.29 is 0 Å². The first-order chi connectivity index (χ1) is 5.79. The molecule has 0 aromatic carbocycles. The summed E-state index contributed by atoms with van der Waals surface area (Å²) < 4.78 is 1.59. The Bertz CT molecular complexity index is 287. The van der Waals surface area contributed by atoms with E-state index in [2.05, 4.69) is 5.10 Å². The van der Waals surface area contributed by atoms with Gasteiger partial charge in [-0.3, -0.25) is 9.48 Å². The summed E-state index contributed by atoms with van der Waals surface area (Å²) in [4.78, 5) is 11.4. The van der Waals surface area contributed by atoms with E-state index < -0.39 is 0 Å². The molecule has 0 fully saturated rings. The van der Waals surface area contributed by atoms with Crippen LogP contribution >= 0.6 is 0 Å². The van der Waals surface area contributed by atoms with E-state index in [4.69, 9.17) is 5.73 Å². The Morgan fingerprint density at radius 2 is 2.42 bits per heavy atom. The SMILES string of the molecule is CCn1[nH]cc(CCCN)c1=O.